The van der Waals surface area contributed by atoms with E-state index in [9.17, 15) is 9.59 Å². The van der Waals surface area contributed by atoms with Gasteiger partial charge in [-0.15, -0.1) is 0 Å². The van der Waals surface area contributed by atoms with Crippen LogP contribution >= 0.6 is 0 Å². The van der Waals surface area contributed by atoms with Crippen LogP contribution in [0.25, 0.3) is 0 Å². The van der Waals surface area contributed by atoms with Crippen LogP contribution in [0.5, 0.6) is 0 Å². The van der Waals surface area contributed by atoms with Gasteiger partial charge in [0.1, 0.15) is 13.2 Å². The first-order valence-electron chi connectivity index (χ1n) is 7.07. The maximum Gasteiger partial charge on any atom is 0.410 e. The Kier molecular flexibility index (Phi) is 4.06. The van der Waals surface area contributed by atoms with E-state index in [-0.39, 0.29) is 31.3 Å². The standard InChI is InChI=1S/C15H18N2O4/c18-14-11-20-7-6-17(14)13-8-16(9-13)15(19)21-10-12-4-2-1-3-5-12/h1-5,13H,6-11H2. The van der Waals surface area contributed by atoms with Gasteiger partial charge in [-0.2, -0.15) is 0 Å². The molecule has 3 rings (SSSR count). The molecule has 2 heterocycles. The van der Waals surface area contributed by atoms with E-state index in [4.69, 9.17) is 9.47 Å². The highest BCUT2D eigenvalue weighted by molar-refractivity contribution is 5.79. The SMILES string of the molecule is O=C(OCc1ccccc1)N1CC(N2CCOCC2=O)C1. The van der Waals surface area contributed by atoms with Crippen molar-refractivity contribution < 1.29 is 19.1 Å². The Morgan fingerprint density at radius 2 is 2.05 bits per heavy atom. The molecule has 1 aromatic carbocycles. The molecule has 6 heteroatoms. The van der Waals surface area contributed by atoms with Crippen LogP contribution in [0.15, 0.2) is 30.3 Å². The predicted octanol–water partition coefficient (Wildman–Crippen LogP) is 0.866. The number of morpholine rings is 1. The molecule has 2 amide bonds. The highest BCUT2D eigenvalue weighted by Gasteiger charge is 2.38. The van der Waals surface area contributed by atoms with E-state index < -0.39 is 0 Å². The van der Waals surface area contributed by atoms with Crippen LogP contribution in [-0.4, -0.2) is 60.7 Å². The summed E-state index contributed by atoms with van der Waals surface area (Å²) in [6.07, 6.45) is -0.323. The maximum absolute atomic E-state index is 11.9. The van der Waals surface area contributed by atoms with E-state index in [1.807, 2.05) is 30.3 Å². The molecule has 2 aliphatic heterocycles. The molecule has 112 valence electrons. The summed E-state index contributed by atoms with van der Waals surface area (Å²) < 4.78 is 10.3. The molecule has 0 aliphatic carbocycles. The number of benzene rings is 1. The maximum atomic E-state index is 11.9. The van der Waals surface area contributed by atoms with Crippen molar-refractivity contribution in [2.45, 2.75) is 12.6 Å². The Balaban J connectivity index is 1.43. The second kappa shape index (κ2) is 6.13. The summed E-state index contributed by atoms with van der Waals surface area (Å²) in [6.45, 7) is 2.68. The number of carbonyl (C=O) groups is 2. The number of ether oxygens (including phenoxy) is 2. The minimum Gasteiger partial charge on any atom is -0.445 e. The lowest BCUT2D eigenvalue weighted by Crippen LogP contribution is -2.64. The third-order valence-corrected chi connectivity index (χ3v) is 3.79. The van der Waals surface area contributed by atoms with E-state index >= 15 is 0 Å². The van der Waals surface area contributed by atoms with Gasteiger partial charge in [0.2, 0.25) is 5.91 Å². The van der Waals surface area contributed by atoms with Gasteiger partial charge in [0.05, 0.1) is 12.6 Å². The van der Waals surface area contributed by atoms with E-state index in [2.05, 4.69) is 0 Å². The lowest BCUT2D eigenvalue weighted by Gasteiger charge is -2.45. The van der Waals surface area contributed by atoms with Gasteiger partial charge in [-0.25, -0.2) is 4.79 Å². The monoisotopic (exact) mass is 290 g/mol. The van der Waals surface area contributed by atoms with Crippen LogP contribution in [0.1, 0.15) is 5.56 Å². The van der Waals surface area contributed by atoms with Crippen LogP contribution in [0, 0.1) is 0 Å². The number of amides is 2. The molecule has 0 unspecified atom stereocenters. The van der Waals surface area contributed by atoms with Gasteiger partial charge in [0.15, 0.2) is 0 Å². The molecule has 0 aromatic heterocycles. The number of hydrogen-bond donors (Lipinski definition) is 0. The smallest absolute Gasteiger partial charge is 0.410 e. The summed E-state index contributed by atoms with van der Waals surface area (Å²) in [5, 5.41) is 0. The van der Waals surface area contributed by atoms with Gasteiger partial charge >= 0.3 is 6.09 Å². The lowest BCUT2D eigenvalue weighted by molar-refractivity contribution is -0.149. The Morgan fingerprint density at radius 3 is 2.76 bits per heavy atom. The zero-order chi connectivity index (χ0) is 14.7. The fraction of sp³-hybridized carbons (Fsp3) is 0.467. The van der Waals surface area contributed by atoms with E-state index in [1.54, 1.807) is 9.80 Å². The van der Waals surface area contributed by atoms with Gasteiger partial charge in [0.25, 0.3) is 0 Å². The van der Waals surface area contributed by atoms with Crippen molar-refractivity contribution in [1.82, 2.24) is 9.80 Å². The molecule has 0 radical (unpaired) electrons. The number of rotatable bonds is 3. The molecule has 2 fully saturated rings. The average molecular weight is 290 g/mol. The quantitative estimate of drug-likeness (QED) is 0.828. The van der Waals surface area contributed by atoms with Crippen molar-refractivity contribution in [2.24, 2.45) is 0 Å². The van der Waals surface area contributed by atoms with Gasteiger partial charge in [-0.05, 0) is 5.56 Å². The van der Waals surface area contributed by atoms with Crippen LogP contribution in [0.4, 0.5) is 4.79 Å². The Bertz CT molecular complexity index is 514. The van der Waals surface area contributed by atoms with Crippen molar-refractivity contribution in [3.05, 3.63) is 35.9 Å². The minimum absolute atomic E-state index is 0.00329. The molecule has 0 bridgehead atoms. The van der Waals surface area contributed by atoms with Gasteiger partial charge in [0, 0.05) is 19.6 Å². The molecule has 2 saturated heterocycles. The highest BCUT2D eigenvalue weighted by Crippen LogP contribution is 2.18. The Labute approximate surface area is 123 Å². The van der Waals surface area contributed by atoms with Crippen LogP contribution < -0.4 is 0 Å². The second-order valence-electron chi connectivity index (χ2n) is 5.24. The average Bonchev–Trinajstić information content (AvgIpc) is 2.47. The molecule has 21 heavy (non-hydrogen) atoms. The number of nitrogens with zero attached hydrogens (tertiary/aromatic N) is 2. The Morgan fingerprint density at radius 1 is 1.29 bits per heavy atom. The molecule has 0 atom stereocenters. The van der Waals surface area contributed by atoms with Crippen LogP contribution in [0.3, 0.4) is 0 Å². The van der Waals surface area contributed by atoms with E-state index in [0.717, 1.165) is 5.56 Å². The van der Waals surface area contributed by atoms with Crippen molar-refractivity contribution in [1.29, 1.82) is 0 Å². The van der Waals surface area contributed by atoms with E-state index in [1.165, 1.54) is 0 Å². The fourth-order valence-corrected chi connectivity index (χ4v) is 2.53. The topological polar surface area (TPSA) is 59.1 Å². The largest absolute Gasteiger partial charge is 0.445 e. The zero-order valence-corrected chi connectivity index (χ0v) is 11.7. The van der Waals surface area contributed by atoms with Gasteiger partial charge in [-0.1, -0.05) is 30.3 Å². The molecular formula is C15H18N2O4. The predicted molar refractivity (Wildman–Crippen MR) is 74.5 cm³/mol. The van der Waals surface area contributed by atoms with Crippen molar-refractivity contribution in [3.63, 3.8) is 0 Å². The van der Waals surface area contributed by atoms with Gasteiger partial charge in [-0.3, -0.25) is 4.79 Å². The fourth-order valence-electron chi connectivity index (χ4n) is 2.53. The molecule has 0 spiro atoms. The van der Waals surface area contributed by atoms with Crippen molar-refractivity contribution in [3.8, 4) is 0 Å². The first-order valence-corrected chi connectivity index (χ1v) is 7.07. The number of hydrogen-bond acceptors (Lipinski definition) is 4. The normalized spacial score (nSPS) is 19.3. The zero-order valence-electron chi connectivity index (χ0n) is 11.7. The number of likely N-dealkylation sites (tertiary alicyclic amines) is 1. The lowest BCUT2D eigenvalue weighted by atomic mass is 10.1. The highest BCUT2D eigenvalue weighted by atomic mass is 16.6. The summed E-state index contributed by atoms with van der Waals surface area (Å²) in [6, 6.07) is 9.67. The molecule has 6 nitrogen and oxygen atoms in total. The summed E-state index contributed by atoms with van der Waals surface area (Å²) in [7, 11) is 0. The molecule has 0 N–H and O–H groups in total. The molecule has 0 saturated carbocycles. The Hall–Kier alpha value is -2.08. The summed E-state index contributed by atoms with van der Waals surface area (Å²) in [5.41, 5.74) is 0.964. The van der Waals surface area contributed by atoms with Crippen LogP contribution in [-0.2, 0) is 20.9 Å². The first kappa shape index (κ1) is 13.9. The van der Waals surface area contributed by atoms with E-state index in [0.29, 0.717) is 26.2 Å². The third kappa shape index (κ3) is 3.16. The molecular weight excluding hydrogens is 272 g/mol. The summed E-state index contributed by atoms with van der Waals surface area (Å²) >= 11 is 0. The second-order valence-corrected chi connectivity index (χ2v) is 5.24. The summed E-state index contributed by atoms with van der Waals surface area (Å²) in [5.74, 6) is 0.00329. The minimum atomic E-state index is -0.323. The third-order valence-electron chi connectivity index (χ3n) is 3.79. The van der Waals surface area contributed by atoms with Crippen LogP contribution in [0.2, 0.25) is 0 Å². The van der Waals surface area contributed by atoms with Crippen molar-refractivity contribution in [2.75, 3.05) is 32.8 Å². The van der Waals surface area contributed by atoms with Crippen molar-refractivity contribution >= 4 is 12.0 Å². The first-order chi connectivity index (χ1) is 10.2. The number of carbonyl (C=O) groups excluding carboxylic acids is 2. The summed E-state index contributed by atoms with van der Waals surface area (Å²) in [4.78, 5) is 27.0. The van der Waals surface area contributed by atoms with Gasteiger partial charge < -0.3 is 19.3 Å². The molecule has 2 aliphatic rings. The molecule has 1 aromatic rings.